The van der Waals surface area contributed by atoms with Gasteiger partial charge in [-0.25, -0.2) is 0 Å². The first-order valence-electron chi connectivity index (χ1n) is 19.3. The van der Waals surface area contributed by atoms with Crippen molar-refractivity contribution < 1.29 is 38.7 Å². The first-order valence-corrected chi connectivity index (χ1v) is 19.7. The van der Waals surface area contributed by atoms with Crippen LogP contribution in [0.25, 0.3) is 10.9 Å². The van der Waals surface area contributed by atoms with Crippen LogP contribution >= 0.6 is 11.6 Å². The number of aromatic amines is 1. The molecular formula is C40H54ClN9O8. The molecule has 1 aromatic heterocycles. The lowest BCUT2D eigenvalue weighted by atomic mass is 9.96. The van der Waals surface area contributed by atoms with Crippen LogP contribution in [0.3, 0.4) is 0 Å². The van der Waals surface area contributed by atoms with E-state index in [2.05, 4.69) is 36.9 Å². The zero-order chi connectivity index (χ0) is 42.7. The summed E-state index contributed by atoms with van der Waals surface area (Å²) in [6, 6.07) is 5.40. The van der Waals surface area contributed by atoms with Crippen LogP contribution in [0.4, 0.5) is 0 Å². The lowest BCUT2D eigenvalue weighted by Gasteiger charge is -2.31. The standard InChI is InChI=1S/C40H54ClN9O8/c1-5-21(4)31-39(57)45-27(12-9-15-42)35(53)50-32(33(51)34(43)52)40(58)47-29(17-23-19-44-26-14-13-24(41)18-25(23)26)37(55)48-30(20(2)3)38(56)46-28(36(54)49-31)16-22-10-7-6-8-11-22/h6-8,10-11,13-14,18-21,27-33,44,51H,5,9,12,15-17,42H2,1-4H3,(H2,43,52)(H,45,57)(H,46,56)(H,47,58)(H,48,55)(H,49,54)(H,50,53)/t21-,27-,28-,29-,30-,31-,32-,33-/m0/s1. The van der Waals surface area contributed by atoms with Crippen molar-refractivity contribution in [3.8, 4) is 0 Å². The quantitative estimate of drug-likeness (QED) is 0.116. The Labute approximate surface area is 341 Å². The first kappa shape index (κ1) is 45.2. The fourth-order valence-corrected chi connectivity index (χ4v) is 6.81. The summed E-state index contributed by atoms with van der Waals surface area (Å²) >= 11 is 6.28. The molecule has 1 fully saturated rings. The summed E-state index contributed by atoms with van der Waals surface area (Å²) in [6.45, 7) is 7.01. The van der Waals surface area contributed by atoms with Crippen LogP contribution in [0.2, 0.25) is 5.02 Å². The maximum Gasteiger partial charge on any atom is 0.248 e. The van der Waals surface area contributed by atoms with Gasteiger partial charge in [-0.3, -0.25) is 33.6 Å². The van der Waals surface area contributed by atoms with Gasteiger partial charge in [-0.1, -0.05) is 76.0 Å². The number of amides is 7. The van der Waals surface area contributed by atoms with Crippen molar-refractivity contribution in [2.75, 3.05) is 6.54 Å². The van der Waals surface area contributed by atoms with E-state index in [1.165, 1.54) is 0 Å². The number of rotatable bonds is 12. The van der Waals surface area contributed by atoms with Gasteiger partial charge in [0.2, 0.25) is 41.4 Å². The van der Waals surface area contributed by atoms with E-state index in [1.54, 1.807) is 75.5 Å². The van der Waals surface area contributed by atoms with E-state index in [0.29, 0.717) is 33.5 Å². The van der Waals surface area contributed by atoms with Gasteiger partial charge in [0, 0.05) is 35.0 Å². The van der Waals surface area contributed by atoms with Crippen LogP contribution in [-0.4, -0.2) is 100 Å². The van der Waals surface area contributed by atoms with E-state index >= 15 is 0 Å². The Morgan fingerprint density at radius 3 is 1.90 bits per heavy atom. The molecule has 18 heteroatoms. The van der Waals surface area contributed by atoms with Crippen molar-refractivity contribution in [3.63, 3.8) is 0 Å². The molecule has 1 saturated heterocycles. The lowest BCUT2D eigenvalue weighted by Crippen LogP contribution is -2.65. The van der Waals surface area contributed by atoms with Crippen molar-refractivity contribution in [1.82, 2.24) is 36.9 Å². The Balaban J connectivity index is 1.84. The monoisotopic (exact) mass is 823 g/mol. The predicted molar refractivity (Wildman–Crippen MR) is 217 cm³/mol. The Hall–Kier alpha value is -5.52. The average molecular weight is 824 g/mol. The van der Waals surface area contributed by atoms with Crippen molar-refractivity contribution >= 4 is 63.9 Å². The highest BCUT2D eigenvalue weighted by Gasteiger charge is 2.39. The van der Waals surface area contributed by atoms with Gasteiger partial charge in [-0.15, -0.1) is 0 Å². The molecule has 8 atom stereocenters. The third-order valence-electron chi connectivity index (χ3n) is 10.3. The molecule has 2 aromatic carbocycles. The van der Waals surface area contributed by atoms with Crippen LogP contribution in [0, 0.1) is 11.8 Å². The molecule has 3 aromatic rings. The number of hydrogen-bond donors (Lipinski definition) is 10. The third kappa shape index (κ3) is 11.8. The summed E-state index contributed by atoms with van der Waals surface area (Å²) < 4.78 is 0. The number of primary amides is 1. The highest BCUT2D eigenvalue weighted by molar-refractivity contribution is 6.31. The molecule has 0 bridgehead atoms. The van der Waals surface area contributed by atoms with Crippen LogP contribution in [0.5, 0.6) is 0 Å². The van der Waals surface area contributed by atoms with Crippen LogP contribution in [0.15, 0.2) is 54.7 Å². The number of halogens is 1. The Morgan fingerprint density at radius 2 is 1.29 bits per heavy atom. The molecular weight excluding hydrogens is 770 g/mol. The predicted octanol–water partition coefficient (Wildman–Crippen LogP) is -0.184. The number of nitrogens with two attached hydrogens (primary N) is 2. The maximum atomic E-state index is 14.3. The van der Waals surface area contributed by atoms with Crippen molar-refractivity contribution in [2.45, 2.75) is 102 Å². The number of H-pyrrole nitrogens is 1. The molecule has 0 unspecified atom stereocenters. The molecule has 2 heterocycles. The van der Waals surface area contributed by atoms with E-state index in [-0.39, 0.29) is 32.2 Å². The fourth-order valence-electron chi connectivity index (χ4n) is 6.63. The van der Waals surface area contributed by atoms with Gasteiger partial charge in [0.1, 0.15) is 36.3 Å². The highest BCUT2D eigenvalue weighted by Crippen LogP contribution is 2.24. The molecule has 0 aliphatic carbocycles. The van der Waals surface area contributed by atoms with Gasteiger partial charge in [0.25, 0.3) is 0 Å². The van der Waals surface area contributed by atoms with E-state index in [0.717, 1.165) is 0 Å². The summed E-state index contributed by atoms with van der Waals surface area (Å²) in [7, 11) is 0. The van der Waals surface area contributed by atoms with E-state index < -0.39 is 95.5 Å². The molecule has 58 heavy (non-hydrogen) atoms. The topological polar surface area (TPSA) is 280 Å². The number of hydrogen-bond acceptors (Lipinski definition) is 9. The lowest BCUT2D eigenvalue weighted by molar-refractivity contribution is -0.141. The van der Waals surface area contributed by atoms with Crippen molar-refractivity contribution in [1.29, 1.82) is 0 Å². The van der Waals surface area contributed by atoms with Crippen molar-refractivity contribution in [2.24, 2.45) is 23.3 Å². The number of fused-ring (bicyclic) bond motifs is 1. The first-order chi connectivity index (χ1) is 27.5. The summed E-state index contributed by atoms with van der Waals surface area (Å²) in [6.07, 6.45) is -0.212. The maximum absolute atomic E-state index is 14.3. The number of aromatic nitrogens is 1. The third-order valence-corrected chi connectivity index (χ3v) is 10.5. The molecule has 0 spiro atoms. The molecule has 12 N–H and O–H groups in total. The second-order valence-corrected chi connectivity index (χ2v) is 15.4. The van der Waals surface area contributed by atoms with Crippen LogP contribution in [0.1, 0.15) is 58.1 Å². The second kappa shape index (κ2) is 20.8. The molecule has 0 radical (unpaired) electrons. The number of aliphatic hydroxyl groups is 1. The fraction of sp³-hybridized carbons (Fsp3) is 0.475. The van der Waals surface area contributed by atoms with Gasteiger partial charge >= 0.3 is 0 Å². The summed E-state index contributed by atoms with van der Waals surface area (Å²) in [5.41, 5.74) is 13.1. The summed E-state index contributed by atoms with van der Waals surface area (Å²) in [4.78, 5) is 99.9. The number of carbonyl (C=O) groups excluding carboxylic acids is 7. The zero-order valence-electron chi connectivity index (χ0n) is 33.0. The highest BCUT2D eigenvalue weighted by atomic mass is 35.5. The van der Waals surface area contributed by atoms with Crippen LogP contribution in [-0.2, 0) is 46.4 Å². The summed E-state index contributed by atoms with van der Waals surface area (Å²) in [5.74, 6) is -7.51. The van der Waals surface area contributed by atoms with Gasteiger partial charge < -0.3 is 53.5 Å². The average Bonchev–Trinajstić information content (AvgIpc) is 3.58. The molecule has 0 saturated carbocycles. The number of benzene rings is 2. The molecule has 1 aliphatic heterocycles. The molecule has 314 valence electrons. The Bertz CT molecular complexity index is 1960. The molecule has 17 nitrogen and oxygen atoms in total. The Morgan fingerprint density at radius 1 is 0.741 bits per heavy atom. The minimum absolute atomic E-state index is 0.0267. The largest absolute Gasteiger partial charge is 0.381 e. The van der Waals surface area contributed by atoms with Gasteiger partial charge in [0.15, 0.2) is 6.10 Å². The summed E-state index contributed by atoms with van der Waals surface area (Å²) in [5, 5.41) is 27.7. The minimum Gasteiger partial charge on any atom is -0.381 e. The van der Waals surface area contributed by atoms with E-state index in [9.17, 15) is 38.7 Å². The van der Waals surface area contributed by atoms with E-state index in [1.807, 2.05) is 6.92 Å². The molecule has 4 rings (SSSR count). The van der Waals surface area contributed by atoms with Crippen molar-refractivity contribution in [3.05, 3.63) is 70.9 Å². The molecule has 7 amide bonds. The van der Waals surface area contributed by atoms with Crippen LogP contribution < -0.4 is 43.4 Å². The smallest absolute Gasteiger partial charge is 0.248 e. The van der Waals surface area contributed by atoms with E-state index in [4.69, 9.17) is 23.1 Å². The SMILES string of the molecule is CC[C@H](C)[C@@H]1NC(=O)[C@H](Cc2ccccc2)NC(=O)[C@H](C(C)C)NC(=O)[C@H](Cc2c[nH]c3ccc(Cl)cc23)NC(=O)[C@H]([C@H](O)C(N)=O)NC(=O)[C@H](CCCN)NC1=O. The molecule has 1 aliphatic rings. The number of carbonyl (C=O) groups is 7. The minimum atomic E-state index is -2.28. The van der Waals surface area contributed by atoms with Gasteiger partial charge in [-0.2, -0.15) is 0 Å². The second-order valence-electron chi connectivity index (χ2n) is 14.9. The van der Waals surface area contributed by atoms with Gasteiger partial charge in [0.05, 0.1) is 0 Å². The van der Waals surface area contributed by atoms with Gasteiger partial charge in [-0.05, 0) is 60.5 Å². The normalized spacial score (nSPS) is 24.0. The number of nitrogens with one attached hydrogen (secondary N) is 7. The zero-order valence-corrected chi connectivity index (χ0v) is 33.7. The Kier molecular flexibility index (Phi) is 16.2. The number of aliphatic hydroxyl groups excluding tert-OH is 1.